The number of ether oxygens (including phenoxy) is 1. The molecular formula is C19H18O5S. The first-order valence-corrected chi connectivity index (χ1v) is 9.61. The van der Waals surface area contributed by atoms with Gasteiger partial charge < -0.3 is 9.15 Å². The third-order valence-corrected chi connectivity index (χ3v) is 5.29. The van der Waals surface area contributed by atoms with E-state index in [9.17, 15) is 13.2 Å². The second-order valence-corrected chi connectivity index (χ2v) is 8.02. The molecule has 0 fully saturated rings. The highest BCUT2D eigenvalue weighted by Gasteiger charge is 2.11. The summed E-state index contributed by atoms with van der Waals surface area (Å²) in [6, 6.07) is 11.5. The number of aryl methyl sites for hydroxylation is 2. The zero-order valence-corrected chi connectivity index (χ0v) is 15.0. The lowest BCUT2D eigenvalue weighted by molar-refractivity contribution is 0.306. The van der Waals surface area contributed by atoms with Crippen molar-refractivity contribution < 1.29 is 17.6 Å². The molecule has 0 radical (unpaired) electrons. The molecule has 1 heterocycles. The summed E-state index contributed by atoms with van der Waals surface area (Å²) in [6.07, 6.45) is 1.16. The van der Waals surface area contributed by atoms with Gasteiger partial charge in [0.15, 0.2) is 9.84 Å². The molecule has 0 atom stereocenters. The number of benzene rings is 2. The normalized spacial score (nSPS) is 11.6. The molecule has 6 heteroatoms. The standard InChI is InChI=1S/C19H18O5S/c1-12-4-9-17-14(10-18(20)24-19(17)13(12)2)11-23-15-5-7-16(8-6-15)25(3,21)22/h4-10H,11H2,1-3H3. The summed E-state index contributed by atoms with van der Waals surface area (Å²) in [7, 11) is -3.24. The van der Waals surface area contributed by atoms with E-state index in [-0.39, 0.29) is 11.5 Å². The Morgan fingerprint density at radius 3 is 2.36 bits per heavy atom. The van der Waals surface area contributed by atoms with Crippen LogP contribution in [0.15, 0.2) is 56.6 Å². The van der Waals surface area contributed by atoms with Crippen LogP contribution in [-0.2, 0) is 16.4 Å². The largest absolute Gasteiger partial charge is 0.489 e. The van der Waals surface area contributed by atoms with E-state index in [0.29, 0.717) is 11.3 Å². The van der Waals surface area contributed by atoms with Crippen molar-refractivity contribution in [2.24, 2.45) is 0 Å². The van der Waals surface area contributed by atoms with Gasteiger partial charge in [-0.15, -0.1) is 0 Å². The third-order valence-electron chi connectivity index (χ3n) is 4.16. The van der Waals surface area contributed by atoms with Crippen LogP contribution in [0.1, 0.15) is 16.7 Å². The third kappa shape index (κ3) is 3.58. The van der Waals surface area contributed by atoms with Crippen molar-refractivity contribution in [2.45, 2.75) is 25.3 Å². The summed E-state index contributed by atoms with van der Waals surface area (Å²) in [5.41, 5.74) is 2.84. The lowest BCUT2D eigenvalue weighted by Crippen LogP contribution is -2.05. The maximum Gasteiger partial charge on any atom is 0.336 e. The van der Waals surface area contributed by atoms with Gasteiger partial charge in [0.05, 0.1) is 4.90 Å². The Morgan fingerprint density at radius 2 is 1.72 bits per heavy atom. The number of rotatable bonds is 4. The Hall–Kier alpha value is -2.60. The highest BCUT2D eigenvalue weighted by atomic mass is 32.2. The van der Waals surface area contributed by atoms with Gasteiger partial charge in [-0.3, -0.25) is 0 Å². The molecule has 0 aliphatic heterocycles. The Kier molecular flexibility index (Phi) is 4.39. The van der Waals surface area contributed by atoms with Gasteiger partial charge in [0.25, 0.3) is 0 Å². The molecule has 0 unspecified atom stereocenters. The van der Waals surface area contributed by atoms with Crippen molar-refractivity contribution in [3.8, 4) is 5.75 Å². The van der Waals surface area contributed by atoms with E-state index in [1.807, 2.05) is 26.0 Å². The predicted octanol–water partition coefficient (Wildman–Crippen LogP) is 3.39. The fourth-order valence-electron chi connectivity index (χ4n) is 2.59. The van der Waals surface area contributed by atoms with E-state index in [2.05, 4.69) is 0 Å². The van der Waals surface area contributed by atoms with E-state index in [4.69, 9.17) is 9.15 Å². The van der Waals surface area contributed by atoms with Crippen molar-refractivity contribution in [2.75, 3.05) is 6.26 Å². The minimum atomic E-state index is -3.24. The second kappa shape index (κ2) is 6.37. The van der Waals surface area contributed by atoms with E-state index < -0.39 is 15.5 Å². The first-order chi connectivity index (χ1) is 11.8. The molecule has 0 aliphatic rings. The molecular weight excluding hydrogens is 340 g/mol. The highest BCUT2D eigenvalue weighted by Crippen LogP contribution is 2.24. The van der Waals surface area contributed by atoms with Gasteiger partial charge in [0.2, 0.25) is 0 Å². The lowest BCUT2D eigenvalue weighted by atomic mass is 10.0. The summed E-state index contributed by atoms with van der Waals surface area (Å²) in [5, 5.41) is 0.829. The Labute approximate surface area is 145 Å². The van der Waals surface area contributed by atoms with Crippen LogP contribution in [-0.4, -0.2) is 14.7 Å². The van der Waals surface area contributed by atoms with E-state index in [1.54, 1.807) is 12.1 Å². The zero-order chi connectivity index (χ0) is 18.2. The molecule has 0 aliphatic carbocycles. The number of fused-ring (bicyclic) bond motifs is 1. The van der Waals surface area contributed by atoms with Crippen LogP contribution in [0.5, 0.6) is 5.75 Å². The molecule has 1 aromatic heterocycles. The first-order valence-electron chi connectivity index (χ1n) is 7.71. The zero-order valence-electron chi connectivity index (χ0n) is 14.2. The molecule has 0 saturated heterocycles. The minimum Gasteiger partial charge on any atom is -0.489 e. The maximum absolute atomic E-state index is 11.8. The van der Waals surface area contributed by atoms with Crippen molar-refractivity contribution in [3.63, 3.8) is 0 Å². The van der Waals surface area contributed by atoms with Gasteiger partial charge in [-0.25, -0.2) is 13.2 Å². The molecule has 0 amide bonds. The van der Waals surface area contributed by atoms with Crippen LogP contribution < -0.4 is 10.4 Å². The molecule has 5 nitrogen and oxygen atoms in total. The van der Waals surface area contributed by atoms with Crippen molar-refractivity contribution in [1.29, 1.82) is 0 Å². The van der Waals surface area contributed by atoms with Crippen molar-refractivity contribution >= 4 is 20.8 Å². The average molecular weight is 358 g/mol. The van der Waals surface area contributed by atoms with Gasteiger partial charge in [0, 0.05) is 23.3 Å². The topological polar surface area (TPSA) is 73.6 Å². The van der Waals surface area contributed by atoms with Crippen LogP contribution in [0.25, 0.3) is 11.0 Å². The molecule has 0 spiro atoms. The summed E-state index contributed by atoms with van der Waals surface area (Å²) >= 11 is 0. The number of hydrogen-bond donors (Lipinski definition) is 0. The Bertz CT molecular complexity index is 1090. The average Bonchev–Trinajstić information content (AvgIpc) is 2.56. The fraction of sp³-hybridized carbons (Fsp3) is 0.211. The number of hydrogen-bond acceptors (Lipinski definition) is 5. The Morgan fingerprint density at radius 1 is 1.04 bits per heavy atom. The monoisotopic (exact) mass is 358 g/mol. The van der Waals surface area contributed by atoms with E-state index >= 15 is 0 Å². The van der Waals surface area contributed by atoms with Gasteiger partial charge in [-0.2, -0.15) is 0 Å². The summed E-state index contributed by atoms with van der Waals surface area (Å²) in [4.78, 5) is 12.1. The van der Waals surface area contributed by atoms with Gasteiger partial charge in [-0.05, 0) is 49.2 Å². The summed E-state index contributed by atoms with van der Waals surface area (Å²) in [5.74, 6) is 0.526. The van der Waals surface area contributed by atoms with Crippen LogP contribution in [0.3, 0.4) is 0 Å². The molecule has 25 heavy (non-hydrogen) atoms. The van der Waals surface area contributed by atoms with Crippen molar-refractivity contribution in [1.82, 2.24) is 0 Å². The molecule has 2 aromatic carbocycles. The molecule has 3 aromatic rings. The molecule has 0 bridgehead atoms. The minimum absolute atomic E-state index is 0.183. The molecule has 0 saturated carbocycles. The fourth-order valence-corrected chi connectivity index (χ4v) is 3.22. The molecule has 3 rings (SSSR count). The molecule has 0 N–H and O–H groups in total. The summed E-state index contributed by atoms with van der Waals surface area (Å²) < 4.78 is 34.0. The highest BCUT2D eigenvalue weighted by molar-refractivity contribution is 7.90. The first kappa shape index (κ1) is 17.2. The Balaban J connectivity index is 1.91. The van der Waals surface area contributed by atoms with Crippen LogP contribution in [0.2, 0.25) is 0 Å². The van der Waals surface area contributed by atoms with Crippen molar-refractivity contribution in [3.05, 3.63) is 69.6 Å². The van der Waals surface area contributed by atoms with Gasteiger partial charge in [-0.1, -0.05) is 12.1 Å². The van der Waals surface area contributed by atoms with Gasteiger partial charge in [0.1, 0.15) is 17.9 Å². The van der Waals surface area contributed by atoms with Crippen LogP contribution >= 0.6 is 0 Å². The van der Waals surface area contributed by atoms with E-state index in [0.717, 1.165) is 28.3 Å². The lowest BCUT2D eigenvalue weighted by Gasteiger charge is -2.10. The predicted molar refractivity (Wildman–Crippen MR) is 95.8 cm³/mol. The van der Waals surface area contributed by atoms with E-state index in [1.165, 1.54) is 18.2 Å². The molecule has 130 valence electrons. The smallest absolute Gasteiger partial charge is 0.336 e. The maximum atomic E-state index is 11.8. The number of sulfone groups is 1. The summed E-state index contributed by atoms with van der Waals surface area (Å²) in [6.45, 7) is 4.05. The SMILES string of the molecule is Cc1ccc2c(COc3ccc(S(C)(=O)=O)cc3)cc(=O)oc2c1C. The quantitative estimate of drug-likeness (QED) is 0.668. The van der Waals surface area contributed by atoms with Crippen LogP contribution in [0.4, 0.5) is 0 Å². The van der Waals surface area contributed by atoms with Crippen LogP contribution in [0, 0.1) is 13.8 Å². The van der Waals surface area contributed by atoms with Gasteiger partial charge >= 0.3 is 5.63 Å². The second-order valence-electron chi connectivity index (χ2n) is 6.01.